The molecular weight excluding hydrogens is 360 g/mol. The summed E-state index contributed by atoms with van der Waals surface area (Å²) in [5.74, 6) is 1.42. The number of nitrogen functional groups attached to an aromatic ring is 1. The first-order valence-electron chi connectivity index (χ1n) is 9.68. The van der Waals surface area contributed by atoms with E-state index in [0.29, 0.717) is 23.9 Å². The molecule has 0 fully saturated rings. The van der Waals surface area contributed by atoms with Crippen LogP contribution in [-0.2, 0) is 0 Å². The number of ether oxygens (including phenoxy) is 1. The minimum absolute atomic E-state index is 0.381. The second kappa shape index (κ2) is 7.87. The van der Waals surface area contributed by atoms with Gasteiger partial charge in [-0.3, -0.25) is 9.98 Å². The zero-order valence-electron chi connectivity index (χ0n) is 16.9. The lowest BCUT2D eigenvalue weighted by molar-refractivity contribution is 0.415. The number of aromatic nitrogens is 2. The quantitative estimate of drug-likeness (QED) is 0.675. The summed E-state index contributed by atoms with van der Waals surface area (Å²) in [6, 6.07) is 14.5. The van der Waals surface area contributed by atoms with Crippen molar-refractivity contribution in [3.63, 3.8) is 0 Å². The number of pyridine rings is 2. The van der Waals surface area contributed by atoms with Gasteiger partial charge in [0.1, 0.15) is 0 Å². The van der Waals surface area contributed by atoms with Gasteiger partial charge in [-0.05, 0) is 46.9 Å². The Labute approximate surface area is 171 Å². The number of benzene rings is 1. The fraction of sp³-hybridized carbons (Fsp3) is 0.208. The van der Waals surface area contributed by atoms with E-state index in [0.717, 1.165) is 33.7 Å². The smallest absolute Gasteiger partial charge is 0.166 e. The fourth-order valence-electron chi connectivity index (χ4n) is 3.51. The summed E-state index contributed by atoms with van der Waals surface area (Å²) in [6.07, 6.45) is 6.08. The minimum Gasteiger partial charge on any atom is -0.493 e. The summed E-state index contributed by atoms with van der Waals surface area (Å²) in [5.41, 5.74) is 13.4. The first kappa shape index (κ1) is 18.9. The Balaban J connectivity index is 1.80. The summed E-state index contributed by atoms with van der Waals surface area (Å²) >= 11 is 0. The lowest BCUT2D eigenvalue weighted by Gasteiger charge is -2.10. The molecule has 4 rings (SSSR count). The molecule has 29 heavy (non-hydrogen) atoms. The molecule has 1 aliphatic heterocycles. The molecule has 0 aliphatic carbocycles. The van der Waals surface area contributed by atoms with Gasteiger partial charge in [-0.1, -0.05) is 32.0 Å². The second-order valence-electron chi connectivity index (χ2n) is 7.39. The van der Waals surface area contributed by atoms with Crippen LogP contribution in [-0.4, -0.2) is 22.8 Å². The van der Waals surface area contributed by atoms with Crippen LogP contribution in [0, 0.1) is 0 Å². The zero-order valence-corrected chi connectivity index (χ0v) is 16.9. The topological polar surface area (TPSA) is 73.4 Å². The van der Waals surface area contributed by atoms with Crippen LogP contribution in [0.4, 0.5) is 5.82 Å². The number of methoxy groups -OCH3 is 1. The molecule has 0 atom stereocenters. The van der Waals surface area contributed by atoms with Crippen molar-refractivity contribution in [1.82, 2.24) is 9.97 Å². The molecule has 5 heteroatoms. The van der Waals surface area contributed by atoms with Gasteiger partial charge in [0, 0.05) is 36.1 Å². The van der Waals surface area contributed by atoms with E-state index >= 15 is 0 Å². The summed E-state index contributed by atoms with van der Waals surface area (Å²) in [5, 5.41) is 0. The molecule has 1 aliphatic rings. The van der Waals surface area contributed by atoms with Crippen molar-refractivity contribution < 1.29 is 4.74 Å². The number of aliphatic imine (C=N–C) groups is 1. The van der Waals surface area contributed by atoms with E-state index in [9.17, 15) is 0 Å². The highest BCUT2D eigenvalue weighted by Crippen LogP contribution is 2.38. The standard InChI is InChI=1S/C24H24N4O/c1-15(2)17-5-4-6-18(11-17)21-13-20(19-12-22(29-3)24(25)27-14-19)23(28-21)16-7-9-26-10-8-16/h4-12,14-15H,13H2,1-3H3,(H2,25,27). The number of anilines is 1. The second-order valence-corrected chi connectivity index (χ2v) is 7.39. The number of nitrogens with zero attached hydrogens (tertiary/aromatic N) is 3. The highest BCUT2D eigenvalue weighted by Gasteiger charge is 2.23. The molecule has 3 aromatic rings. The SMILES string of the molecule is COc1cc(C2=C(c3ccncc3)N=C(c3cccc(C(C)C)c3)C2)cnc1N. The Morgan fingerprint density at radius 2 is 1.79 bits per heavy atom. The van der Waals surface area contributed by atoms with Crippen molar-refractivity contribution in [2.75, 3.05) is 12.8 Å². The molecule has 0 radical (unpaired) electrons. The van der Waals surface area contributed by atoms with E-state index in [1.54, 1.807) is 25.7 Å². The Bertz CT molecular complexity index is 1100. The van der Waals surface area contributed by atoms with Crippen LogP contribution in [0.25, 0.3) is 11.3 Å². The number of nitrogens with two attached hydrogens (primary N) is 1. The average Bonchev–Trinajstić information content (AvgIpc) is 3.20. The Kier molecular flexibility index (Phi) is 5.12. The molecule has 3 heterocycles. The van der Waals surface area contributed by atoms with E-state index in [1.165, 1.54) is 5.56 Å². The maximum absolute atomic E-state index is 5.92. The molecule has 2 aromatic heterocycles. The minimum atomic E-state index is 0.381. The fourth-order valence-corrected chi connectivity index (χ4v) is 3.51. The number of allylic oxidation sites excluding steroid dienone is 1. The van der Waals surface area contributed by atoms with Crippen molar-refractivity contribution in [2.24, 2.45) is 4.99 Å². The Hall–Kier alpha value is -3.47. The van der Waals surface area contributed by atoms with Gasteiger partial charge < -0.3 is 10.5 Å². The molecule has 0 saturated carbocycles. The average molecular weight is 384 g/mol. The van der Waals surface area contributed by atoms with Gasteiger partial charge >= 0.3 is 0 Å². The maximum atomic E-state index is 5.92. The highest BCUT2D eigenvalue weighted by molar-refractivity contribution is 6.16. The van der Waals surface area contributed by atoms with Crippen molar-refractivity contribution >= 4 is 22.8 Å². The first-order valence-corrected chi connectivity index (χ1v) is 9.68. The predicted molar refractivity (Wildman–Crippen MR) is 118 cm³/mol. The largest absolute Gasteiger partial charge is 0.493 e. The van der Waals surface area contributed by atoms with Gasteiger partial charge in [0.05, 0.1) is 18.5 Å². The van der Waals surface area contributed by atoms with E-state index in [2.05, 4.69) is 48.1 Å². The third-order valence-corrected chi connectivity index (χ3v) is 5.17. The molecule has 0 spiro atoms. The van der Waals surface area contributed by atoms with E-state index in [4.69, 9.17) is 15.5 Å². The van der Waals surface area contributed by atoms with Gasteiger partial charge in [-0.2, -0.15) is 0 Å². The third-order valence-electron chi connectivity index (χ3n) is 5.17. The summed E-state index contributed by atoms with van der Waals surface area (Å²) in [6.45, 7) is 4.40. The van der Waals surface area contributed by atoms with Gasteiger partial charge in [-0.15, -0.1) is 0 Å². The molecule has 5 nitrogen and oxygen atoms in total. The van der Waals surface area contributed by atoms with Gasteiger partial charge in [-0.25, -0.2) is 4.98 Å². The van der Waals surface area contributed by atoms with Crippen LogP contribution in [0.1, 0.15) is 48.4 Å². The number of rotatable bonds is 5. The van der Waals surface area contributed by atoms with Crippen molar-refractivity contribution in [1.29, 1.82) is 0 Å². The first-order chi connectivity index (χ1) is 14.1. The van der Waals surface area contributed by atoms with Gasteiger partial charge in [0.2, 0.25) is 0 Å². The summed E-state index contributed by atoms with van der Waals surface area (Å²) in [7, 11) is 1.60. The lowest BCUT2D eigenvalue weighted by atomic mass is 9.95. The van der Waals surface area contributed by atoms with Gasteiger partial charge in [0.25, 0.3) is 0 Å². The Morgan fingerprint density at radius 3 is 2.52 bits per heavy atom. The highest BCUT2D eigenvalue weighted by atomic mass is 16.5. The molecule has 0 unspecified atom stereocenters. The summed E-state index contributed by atoms with van der Waals surface area (Å²) < 4.78 is 5.38. The van der Waals surface area contributed by atoms with Crippen LogP contribution in [0.2, 0.25) is 0 Å². The zero-order chi connectivity index (χ0) is 20.4. The third kappa shape index (κ3) is 3.76. The Morgan fingerprint density at radius 1 is 1.00 bits per heavy atom. The van der Waals surface area contributed by atoms with Crippen molar-refractivity contribution in [2.45, 2.75) is 26.2 Å². The van der Waals surface area contributed by atoms with E-state index in [-0.39, 0.29) is 0 Å². The normalized spacial score (nSPS) is 13.7. The van der Waals surface area contributed by atoms with E-state index in [1.807, 2.05) is 18.2 Å². The van der Waals surface area contributed by atoms with Crippen molar-refractivity contribution in [3.05, 3.63) is 83.3 Å². The predicted octanol–water partition coefficient (Wildman–Crippen LogP) is 4.95. The van der Waals surface area contributed by atoms with Crippen molar-refractivity contribution in [3.8, 4) is 5.75 Å². The van der Waals surface area contributed by atoms with Crippen LogP contribution in [0.3, 0.4) is 0 Å². The number of hydrogen-bond donors (Lipinski definition) is 1. The van der Waals surface area contributed by atoms with Crippen LogP contribution >= 0.6 is 0 Å². The summed E-state index contributed by atoms with van der Waals surface area (Å²) in [4.78, 5) is 13.5. The molecule has 2 N–H and O–H groups in total. The number of hydrogen-bond acceptors (Lipinski definition) is 5. The molecule has 0 amide bonds. The monoisotopic (exact) mass is 384 g/mol. The van der Waals surface area contributed by atoms with Crippen LogP contribution in [0.15, 0.2) is 66.0 Å². The van der Waals surface area contributed by atoms with Crippen LogP contribution < -0.4 is 10.5 Å². The molecule has 1 aromatic carbocycles. The lowest BCUT2D eigenvalue weighted by Crippen LogP contribution is -2.01. The maximum Gasteiger partial charge on any atom is 0.166 e. The molecule has 146 valence electrons. The van der Waals surface area contributed by atoms with Crippen LogP contribution in [0.5, 0.6) is 5.75 Å². The molecule has 0 bridgehead atoms. The van der Waals surface area contributed by atoms with Gasteiger partial charge in [0.15, 0.2) is 11.6 Å². The molecule has 0 saturated heterocycles. The van der Waals surface area contributed by atoms with E-state index < -0.39 is 0 Å². The molecular formula is C24H24N4O.